The van der Waals surface area contributed by atoms with E-state index in [1.165, 1.54) is 6.07 Å². The zero-order valence-corrected chi connectivity index (χ0v) is 12.0. The van der Waals surface area contributed by atoms with Crippen LogP contribution in [0.25, 0.3) is 10.9 Å². The molecule has 0 saturated carbocycles. The molecule has 0 amide bonds. The number of fused-ring (bicyclic) bond motifs is 1. The van der Waals surface area contributed by atoms with Crippen LogP contribution >= 0.6 is 0 Å². The van der Waals surface area contributed by atoms with Gasteiger partial charge >= 0.3 is 0 Å². The molecule has 0 bridgehead atoms. The fraction of sp³-hybridized carbons (Fsp3) is 0.111. The van der Waals surface area contributed by atoms with E-state index in [2.05, 4.69) is 9.98 Å². The van der Waals surface area contributed by atoms with Gasteiger partial charge in [-0.1, -0.05) is 24.3 Å². The molecule has 0 aliphatic carbocycles. The molecule has 0 saturated heterocycles. The number of hydrogen-bond acceptors (Lipinski definition) is 4. The average Bonchev–Trinajstić information content (AvgIpc) is 2.55. The normalized spacial score (nSPS) is 11.3. The summed E-state index contributed by atoms with van der Waals surface area (Å²) in [5.41, 5.74) is 2.93. The van der Waals surface area contributed by atoms with E-state index in [-0.39, 0.29) is 11.5 Å². The third kappa shape index (κ3) is 3.06. The molecule has 0 aliphatic rings. The highest BCUT2D eigenvalue weighted by molar-refractivity contribution is 5.97. The van der Waals surface area contributed by atoms with Crippen molar-refractivity contribution in [2.24, 2.45) is 4.99 Å². The van der Waals surface area contributed by atoms with Crippen molar-refractivity contribution in [2.45, 2.75) is 6.42 Å². The number of aliphatic imine (C=N–C) groups is 1. The first-order valence-electron chi connectivity index (χ1n) is 7.08. The maximum Gasteiger partial charge on any atom is 0.157 e. The van der Waals surface area contributed by atoms with Crippen molar-refractivity contribution in [3.05, 3.63) is 65.9 Å². The van der Waals surface area contributed by atoms with Gasteiger partial charge in [0, 0.05) is 29.9 Å². The molecule has 1 aromatic heterocycles. The Hall–Kier alpha value is -2.88. The maximum atomic E-state index is 9.46. The second-order valence-corrected chi connectivity index (χ2v) is 5.03. The number of pyridine rings is 1. The second-order valence-electron chi connectivity index (χ2n) is 5.03. The van der Waals surface area contributed by atoms with Crippen LogP contribution in [-0.2, 0) is 6.42 Å². The Kier molecular flexibility index (Phi) is 4.01. The van der Waals surface area contributed by atoms with Gasteiger partial charge in [0.05, 0.1) is 5.52 Å². The largest absolute Gasteiger partial charge is 0.504 e. The van der Waals surface area contributed by atoms with Crippen molar-refractivity contribution in [1.82, 2.24) is 4.98 Å². The summed E-state index contributed by atoms with van der Waals surface area (Å²) in [6, 6.07) is 14.7. The van der Waals surface area contributed by atoms with Gasteiger partial charge in [-0.15, -0.1) is 0 Å². The van der Waals surface area contributed by atoms with E-state index in [0.717, 1.165) is 22.0 Å². The lowest BCUT2D eigenvalue weighted by molar-refractivity contribution is 0.403. The SMILES string of the molecule is Oc1ccc(CC/N=C/c2ccnc3ccccc23)cc1O. The Bertz CT molecular complexity index is 823. The zero-order chi connectivity index (χ0) is 15.4. The number of hydrogen-bond donors (Lipinski definition) is 2. The first-order valence-corrected chi connectivity index (χ1v) is 7.08. The molecule has 2 N–H and O–H groups in total. The number of benzene rings is 2. The predicted molar refractivity (Wildman–Crippen MR) is 87.7 cm³/mol. The summed E-state index contributed by atoms with van der Waals surface area (Å²) in [5, 5.41) is 19.8. The Balaban J connectivity index is 1.70. The lowest BCUT2D eigenvalue weighted by atomic mass is 10.1. The summed E-state index contributed by atoms with van der Waals surface area (Å²) in [6.45, 7) is 0.612. The summed E-state index contributed by atoms with van der Waals surface area (Å²) in [6.07, 6.45) is 4.33. The molecule has 2 aromatic carbocycles. The van der Waals surface area contributed by atoms with Gasteiger partial charge in [0.2, 0.25) is 0 Å². The second kappa shape index (κ2) is 6.26. The van der Waals surface area contributed by atoms with Crippen molar-refractivity contribution >= 4 is 17.1 Å². The summed E-state index contributed by atoms with van der Waals surface area (Å²) in [4.78, 5) is 8.76. The fourth-order valence-electron chi connectivity index (χ4n) is 2.31. The summed E-state index contributed by atoms with van der Waals surface area (Å²) < 4.78 is 0. The number of rotatable bonds is 4. The molecule has 0 aliphatic heterocycles. The fourth-order valence-corrected chi connectivity index (χ4v) is 2.31. The standard InChI is InChI=1S/C18H16N2O2/c21-17-6-5-13(11-18(17)22)7-9-19-12-14-8-10-20-16-4-2-1-3-15(14)16/h1-6,8,10-12,21-22H,7,9H2/b19-12+. The smallest absolute Gasteiger partial charge is 0.157 e. The molecule has 0 fully saturated rings. The van der Waals surface area contributed by atoms with E-state index in [0.29, 0.717) is 13.0 Å². The van der Waals surface area contributed by atoms with Gasteiger partial charge in [-0.05, 0) is 36.2 Å². The molecule has 22 heavy (non-hydrogen) atoms. The molecule has 4 nitrogen and oxygen atoms in total. The van der Waals surface area contributed by atoms with E-state index in [1.54, 1.807) is 18.3 Å². The Morgan fingerprint density at radius 2 is 1.86 bits per heavy atom. The minimum atomic E-state index is -0.101. The number of aromatic hydroxyl groups is 2. The lowest BCUT2D eigenvalue weighted by Crippen LogP contribution is -1.92. The van der Waals surface area contributed by atoms with Gasteiger partial charge < -0.3 is 10.2 Å². The number of aromatic nitrogens is 1. The topological polar surface area (TPSA) is 65.7 Å². The Morgan fingerprint density at radius 1 is 1.00 bits per heavy atom. The number of phenols is 2. The highest BCUT2D eigenvalue weighted by atomic mass is 16.3. The van der Waals surface area contributed by atoms with Crippen molar-refractivity contribution < 1.29 is 10.2 Å². The van der Waals surface area contributed by atoms with Gasteiger partial charge in [-0.3, -0.25) is 9.98 Å². The zero-order valence-electron chi connectivity index (χ0n) is 12.0. The first-order chi connectivity index (χ1) is 10.7. The van der Waals surface area contributed by atoms with E-state index in [9.17, 15) is 10.2 Å². The van der Waals surface area contributed by atoms with Crippen molar-refractivity contribution in [2.75, 3.05) is 6.54 Å². The molecule has 3 rings (SSSR count). The molecule has 0 spiro atoms. The Morgan fingerprint density at radius 3 is 2.73 bits per heavy atom. The van der Waals surface area contributed by atoms with Crippen molar-refractivity contribution in [3.63, 3.8) is 0 Å². The van der Waals surface area contributed by atoms with Crippen LogP contribution in [0.2, 0.25) is 0 Å². The summed E-state index contributed by atoms with van der Waals surface area (Å²) in [5.74, 6) is -0.197. The predicted octanol–water partition coefficient (Wildman–Crippen LogP) is 3.31. The summed E-state index contributed by atoms with van der Waals surface area (Å²) >= 11 is 0. The molecule has 4 heteroatoms. The minimum Gasteiger partial charge on any atom is -0.504 e. The molecular weight excluding hydrogens is 276 g/mol. The van der Waals surface area contributed by atoms with Crippen LogP contribution in [0.15, 0.2) is 59.7 Å². The number of nitrogens with zero attached hydrogens (tertiary/aromatic N) is 2. The molecule has 3 aromatic rings. The molecule has 0 unspecified atom stereocenters. The van der Waals surface area contributed by atoms with Crippen LogP contribution in [-0.4, -0.2) is 28.0 Å². The first kappa shape index (κ1) is 14.1. The Labute approximate surface area is 128 Å². The highest BCUT2D eigenvalue weighted by Gasteiger charge is 2.00. The molecule has 0 radical (unpaired) electrons. The highest BCUT2D eigenvalue weighted by Crippen LogP contribution is 2.25. The molecular formula is C18H16N2O2. The van der Waals surface area contributed by atoms with E-state index < -0.39 is 0 Å². The van der Waals surface area contributed by atoms with E-state index >= 15 is 0 Å². The van der Waals surface area contributed by atoms with Gasteiger partial charge in [0.1, 0.15) is 0 Å². The van der Waals surface area contributed by atoms with Crippen LogP contribution in [0.5, 0.6) is 11.5 Å². The van der Waals surface area contributed by atoms with Crippen LogP contribution in [0.4, 0.5) is 0 Å². The average molecular weight is 292 g/mol. The third-order valence-corrected chi connectivity index (χ3v) is 3.48. The third-order valence-electron chi connectivity index (χ3n) is 3.48. The van der Waals surface area contributed by atoms with E-state index in [4.69, 9.17) is 0 Å². The van der Waals surface area contributed by atoms with E-state index in [1.807, 2.05) is 36.5 Å². The van der Waals surface area contributed by atoms with Crippen LogP contribution in [0.3, 0.4) is 0 Å². The number of phenolic OH excluding ortho intramolecular Hbond substituents is 2. The molecule has 0 atom stereocenters. The maximum absolute atomic E-state index is 9.46. The minimum absolute atomic E-state index is 0.0957. The van der Waals surface area contributed by atoms with Gasteiger partial charge in [0.25, 0.3) is 0 Å². The van der Waals surface area contributed by atoms with Crippen LogP contribution in [0, 0.1) is 0 Å². The lowest BCUT2D eigenvalue weighted by Gasteiger charge is -2.02. The van der Waals surface area contributed by atoms with Crippen LogP contribution in [0.1, 0.15) is 11.1 Å². The van der Waals surface area contributed by atoms with Crippen molar-refractivity contribution in [3.8, 4) is 11.5 Å². The van der Waals surface area contributed by atoms with Gasteiger partial charge in [-0.2, -0.15) is 0 Å². The van der Waals surface area contributed by atoms with Crippen molar-refractivity contribution in [1.29, 1.82) is 0 Å². The van der Waals surface area contributed by atoms with Crippen LogP contribution < -0.4 is 0 Å². The molecule has 1 heterocycles. The van der Waals surface area contributed by atoms with Gasteiger partial charge in [0.15, 0.2) is 11.5 Å². The summed E-state index contributed by atoms with van der Waals surface area (Å²) in [7, 11) is 0. The molecule has 110 valence electrons. The number of para-hydroxylation sites is 1. The quantitative estimate of drug-likeness (QED) is 0.572. The monoisotopic (exact) mass is 292 g/mol. The van der Waals surface area contributed by atoms with Gasteiger partial charge in [-0.25, -0.2) is 0 Å².